The predicted molar refractivity (Wildman–Crippen MR) is 146 cm³/mol. The number of rotatable bonds is 5. The Morgan fingerprint density at radius 1 is 1.05 bits per heavy atom. The quantitative estimate of drug-likeness (QED) is 0.437. The fourth-order valence-corrected chi connectivity index (χ4v) is 7.73. The minimum Gasteiger partial charge on any atom is -0.495 e. The maximum atomic E-state index is 14.0. The summed E-state index contributed by atoms with van der Waals surface area (Å²) in [6.07, 6.45) is 3.74. The Bertz CT molecular complexity index is 1610. The van der Waals surface area contributed by atoms with Crippen LogP contribution < -0.4 is 4.74 Å². The van der Waals surface area contributed by atoms with Crippen LogP contribution >= 0.6 is 0 Å². The highest BCUT2D eigenvalue weighted by Crippen LogP contribution is 2.45. The van der Waals surface area contributed by atoms with Gasteiger partial charge in [0.2, 0.25) is 0 Å². The molecule has 4 heterocycles. The molecule has 2 atom stereocenters. The van der Waals surface area contributed by atoms with Crippen molar-refractivity contribution in [2.45, 2.75) is 29.3 Å². The van der Waals surface area contributed by atoms with Gasteiger partial charge in [-0.05, 0) is 23.8 Å². The number of morpholine rings is 2. The van der Waals surface area contributed by atoms with E-state index < -0.39 is 9.84 Å². The zero-order chi connectivity index (χ0) is 27.4. The van der Waals surface area contributed by atoms with Gasteiger partial charge in [-0.2, -0.15) is 5.10 Å². The predicted octanol–water partition coefficient (Wildman–Crippen LogP) is 2.45. The zero-order valence-corrected chi connectivity index (χ0v) is 23.0. The van der Waals surface area contributed by atoms with E-state index in [2.05, 4.69) is 17.0 Å². The summed E-state index contributed by atoms with van der Waals surface area (Å²) in [4.78, 5) is 18.2. The van der Waals surface area contributed by atoms with Gasteiger partial charge in [0.05, 0.1) is 56.2 Å². The second-order valence-corrected chi connectivity index (χ2v) is 12.4. The van der Waals surface area contributed by atoms with Crippen molar-refractivity contribution < 1.29 is 27.4 Å². The minimum absolute atomic E-state index is 0.127. The molecule has 2 fully saturated rings. The molecule has 2 aromatic carbocycles. The highest BCUT2D eigenvalue weighted by atomic mass is 32.2. The van der Waals surface area contributed by atoms with Gasteiger partial charge < -0.3 is 19.1 Å². The van der Waals surface area contributed by atoms with Crippen LogP contribution in [0.5, 0.6) is 5.75 Å². The van der Waals surface area contributed by atoms with Crippen LogP contribution in [0.4, 0.5) is 0 Å². The number of nitrogens with zero attached hydrogens (tertiary/aromatic N) is 4. The Hall–Kier alpha value is -3.51. The zero-order valence-electron chi connectivity index (χ0n) is 22.2. The Labute approximate surface area is 232 Å². The number of carbonyl (C=O) groups excluding carboxylic acids is 1. The number of amides is 1. The van der Waals surface area contributed by atoms with Crippen molar-refractivity contribution in [2.75, 3.05) is 46.6 Å². The van der Waals surface area contributed by atoms with Crippen LogP contribution in [0.2, 0.25) is 0 Å². The van der Waals surface area contributed by atoms with Crippen LogP contribution in [0.1, 0.15) is 21.6 Å². The van der Waals surface area contributed by atoms with Crippen LogP contribution in [0.25, 0.3) is 16.9 Å². The summed E-state index contributed by atoms with van der Waals surface area (Å²) in [5.41, 5.74) is 3.55. The van der Waals surface area contributed by atoms with Gasteiger partial charge in [0, 0.05) is 37.3 Å². The second kappa shape index (κ2) is 9.84. The first kappa shape index (κ1) is 25.5. The van der Waals surface area contributed by atoms with Crippen molar-refractivity contribution in [1.82, 2.24) is 19.6 Å². The normalized spacial score (nSPS) is 23.1. The molecule has 4 aliphatic rings. The molecule has 0 radical (unpaired) electrons. The van der Waals surface area contributed by atoms with E-state index in [1.54, 1.807) is 27.8 Å². The number of sulfone groups is 1. The minimum atomic E-state index is -3.79. The molecule has 1 aliphatic carbocycles. The van der Waals surface area contributed by atoms with Crippen LogP contribution in [0, 0.1) is 0 Å². The SMILES string of the molecule is COc1cccc2c1S(=O)(=O)Cc1c(C(=O)N3CCO[C@@H]4C=C[C@@H]43)nn(-c3ccc(CN4CCOCC4)cc3)c1-2. The van der Waals surface area contributed by atoms with E-state index in [1.807, 2.05) is 24.3 Å². The van der Waals surface area contributed by atoms with Gasteiger partial charge in [-0.25, -0.2) is 13.1 Å². The second-order valence-electron chi connectivity index (χ2n) is 10.4. The molecule has 11 heteroatoms. The lowest BCUT2D eigenvalue weighted by molar-refractivity contribution is -0.0344. The largest absolute Gasteiger partial charge is 0.495 e. The third kappa shape index (κ3) is 4.15. The summed E-state index contributed by atoms with van der Waals surface area (Å²) < 4.78 is 45.5. The Kier molecular flexibility index (Phi) is 6.26. The van der Waals surface area contributed by atoms with E-state index in [0.29, 0.717) is 30.0 Å². The Balaban J connectivity index is 1.34. The van der Waals surface area contributed by atoms with Crippen molar-refractivity contribution >= 4 is 15.7 Å². The van der Waals surface area contributed by atoms with Gasteiger partial charge in [-0.1, -0.05) is 36.4 Å². The van der Waals surface area contributed by atoms with Gasteiger partial charge in [0.1, 0.15) is 10.6 Å². The number of hydrogen-bond donors (Lipinski definition) is 0. The fraction of sp³-hybridized carbons (Fsp3) is 0.379. The van der Waals surface area contributed by atoms with Crippen molar-refractivity contribution in [3.63, 3.8) is 0 Å². The Morgan fingerprint density at radius 3 is 2.58 bits per heavy atom. The molecule has 1 aromatic heterocycles. The fourth-order valence-electron chi connectivity index (χ4n) is 5.97. The summed E-state index contributed by atoms with van der Waals surface area (Å²) in [6, 6.07) is 13.0. The molecule has 1 amide bonds. The lowest BCUT2D eigenvalue weighted by Crippen LogP contribution is -2.55. The van der Waals surface area contributed by atoms with E-state index in [4.69, 9.17) is 19.3 Å². The number of methoxy groups -OCH3 is 1. The lowest BCUT2D eigenvalue weighted by atomic mass is 9.95. The van der Waals surface area contributed by atoms with Gasteiger partial charge in [-0.3, -0.25) is 9.69 Å². The van der Waals surface area contributed by atoms with Crippen LogP contribution in [0.3, 0.4) is 0 Å². The highest BCUT2D eigenvalue weighted by molar-refractivity contribution is 7.91. The van der Waals surface area contributed by atoms with E-state index in [-0.39, 0.29) is 40.1 Å². The molecule has 0 N–H and O–H groups in total. The number of fused-ring (bicyclic) bond motifs is 4. The van der Waals surface area contributed by atoms with Gasteiger partial charge in [0.25, 0.3) is 5.91 Å². The van der Waals surface area contributed by atoms with Crippen LogP contribution in [-0.2, 0) is 31.6 Å². The summed E-state index contributed by atoms with van der Waals surface area (Å²) >= 11 is 0. The molecule has 2 saturated heterocycles. The third-order valence-electron chi connectivity index (χ3n) is 8.07. The summed E-state index contributed by atoms with van der Waals surface area (Å²) in [6.45, 7) is 4.91. The van der Waals surface area contributed by atoms with Crippen LogP contribution in [0.15, 0.2) is 59.5 Å². The first-order valence-electron chi connectivity index (χ1n) is 13.5. The molecule has 0 spiro atoms. The Morgan fingerprint density at radius 2 is 1.85 bits per heavy atom. The average molecular weight is 563 g/mol. The molecule has 3 aromatic rings. The standard InChI is InChI=1S/C29H30N4O6S/c1-37-25-4-2-3-21-27-22(18-40(35,36)28(21)25)26(29(34)32-13-16-39-24-10-9-23(24)32)30-33(27)20-7-5-19(6-8-20)17-31-11-14-38-15-12-31/h2-10,23-24H,11-18H2,1H3/t23-,24+/m0/s1. The molecule has 7 rings (SSSR count). The van der Waals surface area contributed by atoms with Gasteiger partial charge in [0.15, 0.2) is 15.5 Å². The molecule has 0 bridgehead atoms. The van der Waals surface area contributed by atoms with Gasteiger partial charge in [-0.15, -0.1) is 0 Å². The molecule has 10 nitrogen and oxygen atoms in total. The van der Waals surface area contributed by atoms with E-state index in [9.17, 15) is 13.2 Å². The summed E-state index contributed by atoms with van der Waals surface area (Å²) in [5.74, 6) is -0.344. The first-order chi connectivity index (χ1) is 19.4. The summed E-state index contributed by atoms with van der Waals surface area (Å²) in [5, 5.41) is 4.81. The van der Waals surface area contributed by atoms with Crippen molar-refractivity contribution in [3.8, 4) is 22.7 Å². The molecular weight excluding hydrogens is 532 g/mol. The molecule has 0 unspecified atom stereocenters. The van der Waals surface area contributed by atoms with Gasteiger partial charge >= 0.3 is 0 Å². The molecular formula is C29H30N4O6S. The maximum Gasteiger partial charge on any atom is 0.275 e. The van der Waals surface area contributed by atoms with Crippen molar-refractivity contribution in [2.24, 2.45) is 0 Å². The average Bonchev–Trinajstić information content (AvgIpc) is 3.32. The topological polar surface area (TPSA) is 103 Å². The van der Waals surface area contributed by atoms with Crippen molar-refractivity contribution in [3.05, 3.63) is 71.4 Å². The van der Waals surface area contributed by atoms with Crippen LogP contribution in [-0.4, -0.2) is 92.6 Å². The molecule has 0 saturated carbocycles. The number of aromatic nitrogens is 2. The first-order valence-corrected chi connectivity index (χ1v) is 15.1. The van der Waals surface area contributed by atoms with E-state index in [0.717, 1.165) is 44.1 Å². The maximum absolute atomic E-state index is 14.0. The third-order valence-corrected chi connectivity index (χ3v) is 9.79. The van der Waals surface area contributed by atoms with Crippen molar-refractivity contribution in [1.29, 1.82) is 0 Å². The summed E-state index contributed by atoms with van der Waals surface area (Å²) in [7, 11) is -2.33. The molecule has 40 heavy (non-hydrogen) atoms. The number of hydrogen-bond acceptors (Lipinski definition) is 8. The smallest absolute Gasteiger partial charge is 0.275 e. The molecule has 3 aliphatic heterocycles. The van der Waals surface area contributed by atoms with E-state index in [1.165, 1.54) is 7.11 Å². The lowest BCUT2D eigenvalue weighted by Gasteiger charge is -2.42. The van der Waals surface area contributed by atoms with E-state index >= 15 is 0 Å². The number of benzene rings is 2. The highest BCUT2D eigenvalue weighted by Gasteiger charge is 2.42. The monoisotopic (exact) mass is 562 g/mol. The number of carbonyl (C=O) groups is 1. The molecule has 208 valence electrons. The number of ether oxygens (including phenoxy) is 3.